The molecule has 0 spiro atoms. The van der Waals surface area contributed by atoms with Crippen LogP contribution in [0.15, 0.2) is 12.1 Å². The molecule has 0 amide bonds. The number of carbonyl (C=O) groups excluding carboxylic acids is 1. The van der Waals surface area contributed by atoms with E-state index in [0.29, 0.717) is 22.0 Å². The van der Waals surface area contributed by atoms with Gasteiger partial charge in [0.15, 0.2) is 0 Å². The third-order valence-electron chi connectivity index (χ3n) is 1.98. The van der Waals surface area contributed by atoms with E-state index in [4.69, 9.17) is 16.3 Å². The second-order valence-corrected chi connectivity index (χ2v) is 3.84. The summed E-state index contributed by atoms with van der Waals surface area (Å²) in [6.07, 6.45) is 0. The Hall–Kier alpha value is -1.07. The number of ether oxygens (including phenoxy) is 2. The van der Waals surface area contributed by atoms with Crippen LogP contribution in [-0.2, 0) is 4.74 Å². The van der Waals surface area contributed by atoms with Crippen molar-refractivity contribution in [3.8, 4) is 5.75 Å². The quantitative estimate of drug-likeness (QED) is 0.588. The number of rotatable bonds is 1. The minimum Gasteiger partial charge on any atom is -0.465 e. The van der Waals surface area contributed by atoms with Crippen LogP contribution in [0.25, 0.3) is 0 Å². The molecule has 1 aromatic rings. The number of carbonyl (C=O) groups is 1. The van der Waals surface area contributed by atoms with Gasteiger partial charge < -0.3 is 14.8 Å². The third kappa shape index (κ3) is 1.85. The zero-order valence-corrected chi connectivity index (χ0v) is 9.43. The van der Waals surface area contributed by atoms with E-state index < -0.39 is 11.5 Å². The lowest BCUT2D eigenvalue weighted by atomic mass is 10.1. The van der Waals surface area contributed by atoms with E-state index in [2.05, 4.69) is 22.7 Å². The molecule has 0 saturated carbocycles. The topological polar surface area (TPSA) is 47.6 Å². The molecule has 6 heteroatoms. The van der Waals surface area contributed by atoms with E-state index in [1.54, 1.807) is 6.07 Å². The lowest BCUT2D eigenvalue weighted by molar-refractivity contribution is 0.0602. The predicted molar refractivity (Wildman–Crippen MR) is 59.8 cm³/mol. The molecule has 0 aliphatic carbocycles. The van der Waals surface area contributed by atoms with E-state index >= 15 is 0 Å². The van der Waals surface area contributed by atoms with Crippen LogP contribution >= 0.6 is 24.2 Å². The first-order chi connectivity index (χ1) is 7.11. The second kappa shape index (κ2) is 3.83. The average Bonchev–Trinajstić information content (AvgIpc) is 2.55. The number of hydrogen-bond acceptors (Lipinski definition) is 5. The smallest absolute Gasteiger partial charge is 0.340 e. The van der Waals surface area contributed by atoms with Crippen molar-refractivity contribution in [2.75, 3.05) is 12.4 Å². The third-order valence-corrected chi connectivity index (χ3v) is 2.43. The van der Waals surface area contributed by atoms with Crippen LogP contribution in [0.1, 0.15) is 10.4 Å². The fourth-order valence-electron chi connectivity index (χ4n) is 1.37. The molecule has 2 rings (SSSR count). The minimum atomic E-state index is -0.470. The fourth-order valence-corrected chi connectivity index (χ4v) is 1.82. The van der Waals surface area contributed by atoms with Crippen LogP contribution in [0.2, 0.25) is 5.02 Å². The van der Waals surface area contributed by atoms with Gasteiger partial charge in [-0.2, -0.15) is 0 Å². The summed E-state index contributed by atoms with van der Waals surface area (Å²) in [6.45, 7) is 0. The van der Waals surface area contributed by atoms with Gasteiger partial charge >= 0.3 is 5.97 Å². The molecular formula is C9H8ClNO3S. The van der Waals surface area contributed by atoms with Crippen LogP contribution in [0.3, 0.4) is 0 Å². The van der Waals surface area contributed by atoms with Gasteiger partial charge in [0.2, 0.25) is 5.56 Å². The summed E-state index contributed by atoms with van der Waals surface area (Å²) >= 11 is 9.92. The molecule has 1 heterocycles. The Balaban J connectivity index is 2.52. The Bertz CT molecular complexity index is 424. The van der Waals surface area contributed by atoms with Crippen molar-refractivity contribution in [2.45, 2.75) is 5.56 Å². The average molecular weight is 246 g/mol. The van der Waals surface area contributed by atoms with Crippen molar-refractivity contribution in [1.29, 1.82) is 0 Å². The first-order valence-corrected chi connectivity index (χ1v) is 5.04. The molecule has 1 aliphatic rings. The summed E-state index contributed by atoms with van der Waals surface area (Å²) in [5, 5.41) is 3.31. The van der Waals surface area contributed by atoms with Crippen molar-refractivity contribution < 1.29 is 14.3 Å². The molecular weight excluding hydrogens is 238 g/mol. The Morgan fingerprint density at radius 2 is 2.40 bits per heavy atom. The molecule has 1 aliphatic heterocycles. The number of nitrogens with one attached hydrogen (secondary N) is 1. The summed E-state index contributed by atoms with van der Waals surface area (Å²) in [5.74, 6) is 0.0372. The van der Waals surface area contributed by atoms with Crippen LogP contribution in [0.4, 0.5) is 5.69 Å². The number of benzene rings is 1. The van der Waals surface area contributed by atoms with Gasteiger partial charge in [-0.15, -0.1) is 12.6 Å². The van der Waals surface area contributed by atoms with E-state index in [0.717, 1.165) is 0 Å². The van der Waals surface area contributed by atoms with E-state index in [-0.39, 0.29) is 0 Å². The van der Waals surface area contributed by atoms with Crippen molar-refractivity contribution in [1.82, 2.24) is 0 Å². The maximum absolute atomic E-state index is 11.4. The minimum absolute atomic E-state index is 0.344. The highest BCUT2D eigenvalue weighted by Crippen LogP contribution is 2.38. The Labute approximate surface area is 96.9 Å². The molecule has 1 atom stereocenters. The maximum Gasteiger partial charge on any atom is 0.340 e. The van der Waals surface area contributed by atoms with Gasteiger partial charge in [0.05, 0.1) is 18.4 Å². The van der Waals surface area contributed by atoms with Crippen molar-refractivity contribution in [3.63, 3.8) is 0 Å². The number of esters is 1. The second-order valence-electron chi connectivity index (χ2n) is 2.93. The Kier molecular flexibility index (Phi) is 2.67. The zero-order valence-electron chi connectivity index (χ0n) is 7.78. The van der Waals surface area contributed by atoms with Gasteiger partial charge in [-0.1, -0.05) is 11.6 Å². The largest absolute Gasteiger partial charge is 0.465 e. The highest BCUT2D eigenvalue weighted by molar-refractivity contribution is 7.80. The highest BCUT2D eigenvalue weighted by atomic mass is 35.5. The van der Waals surface area contributed by atoms with E-state index in [1.807, 2.05) is 0 Å². The molecule has 1 unspecified atom stereocenters. The van der Waals surface area contributed by atoms with Gasteiger partial charge in [0.25, 0.3) is 0 Å². The fraction of sp³-hybridized carbons (Fsp3) is 0.222. The SMILES string of the molecule is COC(=O)c1cc(Cl)cc2c1NC(S)O2. The Morgan fingerprint density at radius 3 is 3.07 bits per heavy atom. The maximum atomic E-state index is 11.4. The summed E-state index contributed by atoms with van der Waals surface area (Å²) in [4.78, 5) is 11.4. The first kappa shape index (κ1) is 10.4. The molecule has 0 saturated heterocycles. The van der Waals surface area contributed by atoms with Crippen LogP contribution in [0.5, 0.6) is 5.75 Å². The van der Waals surface area contributed by atoms with Crippen molar-refractivity contribution in [3.05, 3.63) is 22.7 Å². The summed E-state index contributed by atoms with van der Waals surface area (Å²) in [6, 6.07) is 3.14. The van der Waals surface area contributed by atoms with Crippen molar-refractivity contribution >= 4 is 35.9 Å². The molecule has 15 heavy (non-hydrogen) atoms. The normalized spacial score (nSPS) is 17.7. The molecule has 0 aromatic heterocycles. The lowest BCUT2D eigenvalue weighted by Gasteiger charge is -2.05. The molecule has 4 nitrogen and oxygen atoms in total. The predicted octanol–water partition coefficient (Wildman–Crippen LogP) is 2.14. The highest BCUT2D eigenvalue weighted by Gasteiger charge is 2.25. The van der Waals surface area contributed by atoms with Crippen molar-refractivity contribution in [2.24, 2.45) is 0 Å². The van der Waals surface area contributed by atoms with Crippen LogP contribution < -0.4 is 10.1 Å². The molecule has 0 radical (unpaired) electrons. The molecule has 1 aromatic carbocycles. The zero-order chi connectivity index (χ0) is 11.0. The number of halogens is 1. The number of thiol groups is 1. The van der Waals surface area contributed by atoms with Crippen LogP contribution in [0, 0.1) is 0 Å². The van der Waals surface area contributed by atoms with E-state index in [1.165, 1.54) is 13.2 Å². The summed E-state index contributed by atoms with van der Waals surface area (Å²) in [5.41, 5.74) is 0.435. The van der Waals surface area contributed by atoms with Crippen LogP contribution in [-0.4, -0.2) is 18.6 Å². The van der Waals surface area contributed by atoms with Gasteiger partial charge in [-0.3, -0.25) is 0 Å². The number of hydrogen-bond donors (Lipinski definition) is 2. The molecule has 80 valence electrons. The monoisotopic (exact) mass is 245 g/mol. The van der Waals surface area contributed by atoms with Gasteiger partial charge in [0.1, 0.15) is 5.75 Å². The van der Waals surface area contributed by atoms with E-state index in [9.17, 15) is 4.79 Å². The Morgan fingerprint density at radius 1 is 1.67 bits per heavy atom. The summed E-state index contributed by atoms with van der Waals surface area (Å²) < 4.78 is 9.92. The molecule has 0 bridgehead atoms. The van der Waals surface area contributed by atoms with Gasteiger partial charge in [0, 0.05) is 11.1 Å². The number of methoxy groups -OCH3 is 1. The number of fused-ring (bicyclic) bond motifs is 1. The molecule has 1 N–H and O–H groups in total. The lowest BCUT2D eigenvalue weighted by Crippen LogP contribution is -2.12. The van der Waals surface area contributed by atoms with Gasteiger partial charge in [-0.25, -0.2) is 4.79 Å². The first-order valence-electron chi connectivity index (χ1n) is 4.15. The standard InChI is InChI=1S/C9H8ClNO3S/c1-13-8(12)5-2-4(10)3-6-7(5)11-9(15)14-6/h2-3,9,11,15H,1H3. The number of anilines is 1. The summed E-state index contributed by atoms with van der Waals surface area (Å²) in [7, 11) is 1.31. The van der Waals surface area contributed by atoms with Gasteiger partial charge in [-0.05, 0) is 6.07 Å². The molecule has 0 fully saturated rings.